The smallest absolute Gasteiger partial charge is 0.232 e. The largest absolute Gasteiger partial charge is 0.342 e. The first-order valence-corrected chi connectivity index (χ1v) is 8.76. The second-order valence-corrected chi connectivity index (χ2v) is 7.52. The standard InChI is InChI=1S/C19H27FN2O/c1-19(2,16-5-3-4-6-17(16)20)18(23)22-11-9-15(10-12-22)21-13-14-7-8-14/h3-6,14-15,21H,7-13H2,1-2H3. The summed E-state index contributed by atoms with van der Waals surface area (Å²) in [6.45, 7) is 6.30. The Bertz CT molecular complexity index is 560. The Balaban J connectivity index is 1.58. The summed E-state index contributed by atoms with van der Waals surface area (Å²) in [6, 6.07) is 7.13. The maximum Gasteiger partial charge on any atom is 0.232 e. The first-order valence-electron chi connectivity index (χ1n) is 8.76. The van der Waals surface area contributed by atoms with E-state index in [0.29, 0.717) is 11.6 Å². The van der Waals surface area contributed by atoms with Gasteiger partial charge in [0.05, 0.1) is 5.41 Å². The van der Waals surface area contributed by atoms with Gasteiger partial charge in [-0.05, 0) is 58.1 Å². The summed E-state index contributed by atoms with van der Waals surface area (Å²) in [7, 11) is 0. The summed E-state index contributed by atoms with van der Waals surface area (Å²) in [6.07, 6.45) is 4.71. The summed E-state index contributed by atoms with van der Waals surface area (Å²) in [5.41, 5.74) is -0.335. The van der Waals surface area contributed by atoms with Crippen molar-refractivity contribution in [2.45, 2.75) is 51.0 Å². The topological polar surface area (TPSA) is 32.3 Å². The molecule has 1 N–H and O–H groups in total. The Labute approximate surface area is 138 Å². The molecule has 1 heterocycles. The molecule has 1 aliphatic carbocycles. The van der Waals surface area contributed by atoms with E-state index in [9.17, 15) is 9.18 Å². The number of hydrogen-bond acceptors (Lipinski definition) is 2. The molecule has 1 amide bonds. The zero-order chi connectivity index (χ0) is 16.4. The molecule has 1 aromatic carbocycles. The minimum Gasteiger partial charge on any atom is -0.342 e. The second-order valence-electron chi connectivity index (χ2n) is 7.52. The van der Waals surface area contributed by atoms with E-state index in [4.69, 9.17) is 0 Å². The number of carbonyl (C=O) groups is 1. The van der Waals surface area contributed by atoms with Crippen LogP contribution < -0.4 is 5.32 Å². The first-order chi connectivity index (χ1) is 11.0. The van der Waals surface area contributed by atoms with Gasteiger partial charge in [-0.2, -0.15) is 0 Å². The Kier molecular flexibility index (Phi) is 4.72. The molecule has 0 bridgehead atoms. The van der Waals surface area contributed by atoms with Crippen molar-refractivity contribution in [3.05, 3.63) is 35.6 Å². The van der Waals surface area contributed by atoms with Crippen LogP contribution in [0.2, 0.25) is 0 Å². The zero-order valence-corrected chi connectivity index (χ0v) is 14.1. The van der Waals surface area contributed by atoms with Gasteiger partial charge in [0.15, 0.2) is 0 Å². The number of amides is 1. The molecule has 0 radical (unpaired) electrons. The third-order valence-electron chi connectivity index (χ3n) is 5.26. The van der Waals surface area contributed by atoms with Crippen molar-refractivity contribution in [3.63, 3.8) is 0 Å². The highest BCUT2D eigenvalue weighted by molar-refractivity contribution is 5.87. The predicted octanol–water partition coefficient (Wildman–Crippen LogP) is 3.09. The van der Waals surface area contributed by atoms with Crippen LogP contribution in [0.3, 0.4) is 0 Å². The molecule has 0 spiro atoms. The molecule has 1 saturated carbocycles. The molecule has 1 aliphatic heterocycles. The number of carbonyl (C=O) groups excluding carboxylic acids is 1. The molecule has 3 nitrogen and oxygen atoms in total. The van der Waals surface area contributed by atoms with Crippen molar-refractivity contribution in [1.82, 2.24) is 10.2 Å². The Morgan fingerprint density at radius 1 is 1.22 bits per heavy atom. The fraction of sp³-hybridized carbons (Fsp3) is 0.632. The molecule has 126 valence electrons. The van der Waals surface area contributed by atoms with Gasteiger partial charge in [0.25, 0.3) is 0 Å². The molecule has 2 aliphatic rings. The number of halogens is 1. The number of hydrogen-bond donors (Lipinski definition) is 1. The van der Waals surface area contributed by atoms with Gasteiger partial charge in [-0.15, -0.1) is 0 Å². The second kappa shape index (κ2) is 6.60. The van der Waals surface area contributed by atoms with E-state index < -0.39 is 5.41 Å². The molecule has 1 saturated heterocycles. The fourth-order valence-electron chi connectivity index (χ4n) is 3.42. The maximum atomic E-state index is 14.1. The van der Waals surface area contributed by atoms with Gasteiger partial charge in [0.2, 0.25) is 5.91 Å². The van der Waals surface area contributed by atoms with Crippen LogP contribution in [0.25, 0.3) is 0 Å². The summed E-state index contributed by atoms with van der Waals surface area (Å²) in [4.78, 5) is 14.8. The molecule has 23 heavy (non-hydrogen) atoms. The molecule has 0 aromatic heterocycles. The lowest BCUT2D eigenvalue weighted by molar-refractivity contribution is -0.137. The minimum absolute atomic E-state index is 0.0308. The maximum absolute atomic E-state index is 14.1. The lowest BCUT2D eigenvalue weighted by atomic mass is 9.82. The highest BCUT2D eigenvalue weighted by Crippen LogP contribution is 2.30. The molecule has 2 fully saturated rings. The van der Waals surface area contributed by atoms with Gasteiger partial charge in [-0.3, -0.25) is 4.79 Å². The lowest BCUT2D eigenvalue weighted by Gasteiger charge is -2.37. The first kappa shape index (κ1) is 16.4. The number of rotatable bonds is 5. The van der Waals surface area contributed by atoms with Crippen LogP contribution in [0.1, 0.15) is 45.1 Å². The van der Waals surface area contributed by atoms with E-state index in [1.54, 1.807) is 18.2 Å². The molecule has 1 aromatic rings. The van der Waals surface area contributed by atoms with Crippen molar-refractivity contribution in [3.8, 4) is 0 Å². The Morgan fingerprint density at radius 2 is 1.87 bits per heavy atom. The van der Waals surface area contributed by atoms with Crippen molar-refractivity contribution >= 4 is 5.91 Å². The number of likely N-dealkylation sites (tertiary alicyclic amines) is 1. The summed E-state index contributed by atoms with van der Waals surface area (Å²) in [5.74, 6) is 0.615. The van der Waals surface area contributed by atoms with Crippen LogP contribution in [0.5, 0.6) is 0 Å². The highest BCUT2D eigenvalue weighted by atomic mass is 19.1. The SMILES string of the molecule is CC(C)(C(=O)N1CCC(NCC2CC2)CC1)c1ccccc1F. The molecular weight excluding hydrogens is 291 g/mol. The van der Waals surface area contributed by atoms with Crippen molar-refractivity contribution < 1.29 is 9.18 Å². The van der Waals surface area contributed by atoms with E-state index in [2.05, 4.69) is 5.32 Å². The monoisotopic (exact) mass is 318 g/mol. The van der Waals surface area contributed by atoms with Gasteiger partial charge < -0.3 is 10.2 Å². The predicted molar refractivity (Wildman–Crippen MR) is 89.8 cm³/mol. The quantitative estimate of drug-likeness (QED) is 0.905. The highest BCUT2D eigenvalue weighted by Gasteiger charge is 2.37. The van der Waals surface area contributed by atoms with Gasteiger partial charge in [0, 0.05) is 24.7 Å². The molecule has 0 atom stereocenters. The van der Waals surface area contributed by atoms with Crippen molar-refractivity contribution in [1.29, 1.82) is 0 Å². The van der Waals surface area contributed by atoms with E-state index in [0.717, 1.165) is 38.4 Å². The summed E-state index contributed by atoms with van der Waals surface area (Å²) < 4.78 is 14.1. The van der Waals surface area contributed by atoms with Crippen LogP contribution in [0.4, 0.5) is 4.39 Å². The number of benzene rings is 1. The van der Waals surface area contributed by atoms with Crippen molar-refractivity contribution in [2.24, 2.45) is 5.92 Å². The van der Waals surface area contributed by atoms with Crippen LogP contribution in [-0.2, 0) is 10.2 Å². The molecule has 0 unspecified atom stereocenters. The van der Waals surface area contributed by atoms with Gasteiger partial charge in [0.1, 0.15) is 5.82 Å². The van der Waals surface area contributed by atoms with Gasteiger partial charge >= 0.3 is 0 Å². The fourth-order valence-corrected chi connectivity index (χ4v) is 3.42. The third-order valence-corrected chi connectivity index (χ3v) is 5.26. The van der Waals surface area contributed by atoms with Crippen LogP contribution in [0.15, 0.2) is 24.3 Å². The lowest BCUT2D eigenvalue weighted by Crippen LogP contribution is -2.50. The average Bonchev–Trinajstić information content (AvgIpc) is 3.37. The number of nitrogens with one attached hydrogen (secondary N) is 1. The zero-order valence-electron chi connectivity index (χ0n) is 14.1. The Morgan fingerprint density at radius 3 is 2.48 bits per heavy atom. The molecular formula is C19H27FN2O. The normalized spacial score (nSPS) is 19.9. The van der Waals surface area contributed by atoms with E-state index in [-0.39, 0.29) is 11.7 Å². The Hall–Kier alpha value is -1.42. The summed E-state index contributed by atoms with van der Waals surface area (Å²) >= 11 is 0. The molecule has 4 heteroatoms. The number of nitrogens with zero attached hydrogens (tertiary/aromatic N) is 1. The van der Waals surface area contributed by atoms with E-state index in [1.807, 2.05) is 18.7 Å². The summed E-state index contributed by atoms with van der Waals surface area (Å²) in [5, 5.41) is 3.62. The third kappa shape index (κ3) is 3.74. The van der Waals surface area contributed by atoms with Crippen LogP contribution >= 0.6 is 0 Å². The van der Waals surface area contributed by atoms with E-state index in [1.165, 1.54) is 18.9 Å². The van der Waals surface area contributed by atoms with E-state index >= 15 is 0 Å². The minimum atomic E-state index is -0.820. The average molecular weight is 318 g/mol. The van der Waals surface area contributed by atoms with Gasteiger partial charge in [-0.25, -0.2) is 4.39 Å². The van der Waals surface area contributed by atoms with Gasteiger partial charge in [-0.1, -0.05) is 18.2 Å². The van der Waals surface area contributed by atoms with Crippen LogP contribution in [-0.4, -0.2) is 36.5 Å². The molecule has 3 rings (SSSR count). The number of piperidine rings is 1. The van der Waals surface area contributed by atoms with Crippen LogP contribution in [0, 0.1) is 11.7 Å². The van der Waals surface area contributed by atoms with Crippen molar-refractivity contribution in [2.75, 3.05) is 19.6 Å².